The molecule has 1 N–H and O–H groups in total. The molecule has 0 unspecified atom stereocenters. The summed E-state index contributed by atoms with van der Waals surface area (Å²) in [4.78, 5) is 6.83. The Hall–Kier alpha value is -1.60. The molecule has 1 aliphatic heterocycles. The minimum Gasteiger partial charge on any atom is -0.370 e. The smallest absolute Gasteiger partial charge is 0.103 e. The highest BCUT2D eigenvalue weighted by atomic mass is 15.1. The van der Waals surface area contributed by atoms with Crippen LogP contribution in [0.1, 0.15) is 43.1 Å². The summed E-state index contributed by atoms with van der Waals surface area (Å²) in [5.41, 5.74) is 3.65. The van der Waals surface area contributed by atoms with Crippen molar-refractivity contribution < 1.29 is 0 Å². The summed E-state index contributed by atoms with van der Waals surface area (Å²) >= 11 is 0. The molecule has 0 amide bonds. The minimum atomic E-state index is 0.720. The third-order valence-corrected chi connectivity index (χ3v) is 4.19. The normalized spacial score (nSPS) is 15.7. The van der Waals surface area contributed by atoms with E-state index in [4.69, 9.17) is 0 Å². The fourth-order valence-corrected chi connectivity index (χ4v) is 3.15. The zero-order valence-electron chi connectivity index (χ0n) is 13.4. The lowest BCUT2D eigenvalue weighted by Gasteiger charge is -2.32. The second kappa shape index (κ2) is 7.42. The number of nitrogens with one attached hydrogen (secondary N) is 1. The summed E-state index contributed by atoms with van der Waals surface area (Å²) in [6.07, 6.45) is 3.55. The van der Waals surface area contributed by atoms with Crippen molar-refractivity contribution >= 4 is 5.69 Å². The largest absolute Gasteiger partial charge is 0.370 e. The zero-order chi connectivity index (χ0) is 15.2. The number of aromatic nitrogens is 1. The van der Waals surface area contributed by atoms with Gasteiger partial charge in [0, 0.05) is 18.8 Å². The molecule has 0 aromatic carbocycles. The Morgan fingerprint density at radius 2 is 2.10 bits per heavy atom. The summed E-state index contributed by atoms with van der Waals surface area (Å²) in [6, 6.07) is 4.42. The van der Waals surface area contributed by atoms with Crippen molar-refractivity contribution in [2.75, 3.05) is 31.1 Å². The van der Waals surface area contributed by atoms with E-state index in [9.17, 15) is 5.26 Å². The average Bonchev–Trinajstić information content (AvgIpc) is 2.47. The topological polar surface area (TPSA) is 52.0 Å². The maximum absolute atomic E-state index is 9.49. The second-order valence-electron chi connectivity index (χ2n) is 5.99. The van der Waals surface area contributed by atoms with Crippen LogP contribution >= 0.6 is 0 Å². The third kappa shape index (κ3) is 3.95. The number of nitrogens with zero attached hydrogens (tertiary/aromatic N) is 3. The van der Waals surface area contributed by atoms with Crippen LogP contribution in [0.4, 0.5) is 5.69 Å². The van der Waals surface area contributed by atoms with Crippen LogP contribution in [0.3, 0.4) is 0 Å². The standard InChI is InChI=1S/C17H26N4/c1-4-9-21(12-15-5-7-19-8-6-15)17-10-13(2)20-14(3)16(17)11-18/h10,15,19H,4-9,12H2,1-3H3. The van der Waals surface area contributed by atoms with Crippen molar-refractivity contribution in [3.8, 4) is 6.07 Å². The maximum atomic E-state index is 9.49. The van der Waals surface area contributed by atoms with Crippen LogP contribution in [0.2, 0.25) is 0 Å². The molecule has 1 aromatic heterocycles. The summed E-state index contributed by atoms with van der Waals surface area (Å²) in [5, 5.41) is 12.9. The molecular formula is C17H26N4. The molecule has 2 rings (SSSR count). The molecular weight excluding hydrogens is 260 g/mol. The van der Waals surface area contributed by atoms with Crippen molar-refractivity contribution in [3.63, 3.8) is 0 Å². The predicted molar refractivity (Wildman–Crippen MR) is 86.5 cm³/mol. The van der Waals surface area contributed by atoms with Crippen molar-refractivity contribution in [1.29, 1.82) is 5.26 Å². The Morgan fingerprint density at radius 1 is 1.38 bits per heavy atom. The van der Waals surface area contributed by atoms with Crippen LogP contribution in [-0.2, 0) is 0 Å². The van der Waals surface area contributed by atoms with Gasteiger partial charge in [-0.3, -0.25) is 4.98 Å². The van der Waals surface area contributed by atoms with Gasteiger partial charge in [0.15, 0.2) is 0 Å². The summed E-state index contributed by atoms with van der Waals surface area (Å²) < 4.78 is 0. The summed E-state index contributed by atoms with van der Waals surface area (Å²) in [6.45, 7) is 10.4. The molecule has 4 heteroatoms. The molecule has 0 saturated carbocycles. The van der Waals surface area contributed by atoms with Gasteiger partial charge in [-0.2, -0.15) is 5.26 Å². The first kappa shape index (κ1) is 15.8. The number of nitriles is 1. The van der Waals surface area contributed by atoms with E-state index in [-0.39, 0.29) is 0 Å². The Kier molecular flexibility index (Phi) is 5.58. The van der Waals surface area contributed by atoms with Gasteiger partial charge in [-0.05, 0) is 58.2 Å². The highest BCUT2D eigenvalue weighted by molar-refractivity contribution is 5.61. The van der Waals surface area contributed by atoms with Gasteiger partial charge in [0.2, 0.25) is 0 Å². The van der Waals surface area contributed by atoms with E-state index < -0.39 is 0 Å². The van der Waals surface area contributed by atoms with Crippen molar-refractivity contribution in [2.24, 2.45) is 5.92 Å². The van der Waals surface area contributed by atoms with Gasteiger partial charge in [0.25, 0.3) is 0 Å². The number of anilines is 1. The van der Waals surface area contributed by atoms with E-state index >= 15 is 0 Å². The number of rotatable bonds is 5. The third-order valence-electron chi connectivity index (χ3n) is 4.19. The fourth-order valence-electron chi connectivity index (χ4n) is 3.15. The van der Waals surface area contributed by atoms with Gasteiger partial charge in [0.05, 0.1) is 16.9 Å². The van der Waals surface area contributed by atoms with Crippen LogP contribution in [0.5, 0.6) is 0 Å². The van der Waals surface area contributed by atoms with Gasteiger partial charge < -0.3 is 10.2 Å². The van der Waals surface area contributed by atoms with Gasteiger partial charge in [-0.1, -0.05) is 6.92 Å². The van der Waals surface area contributed by atoms with E-state index in [2.05, 4.69) is 34.3 Å². The molecule has 4 nitrogen and oxygen atoms in total. The lowest BCUT2D eigenvalue weighted by molar-refractivity contribution is 0.373. The molecule has 0 spiro atoms. The highest BCUT2D eigenvalue weighted by Gasteiger charge is 2.20. The van der Waals surface area contributed by atoms with E-state index in [1.807, 2.05) is 13.8 Å². The van der Waals surface area contributed by atoms with Gasteiger partial charge in [-0.15, -0.1) is 0 Å². The summed E-state index contributed by atoms with van der Waals surface area (Å²) in [7, 11) is 0. The molecule has 2 heterocycles. The molecule has 1 aromatic rings. The quantitative estimate of drug-likeness (QED) is 0.904. The molecule has 0 atom stereocenters. The highest BCUT2D eigenvalue weighted by Crippen LogP contribution is 2.26. The Bertz CT molecular complexity index is 512. The lowest BCUT2D eigenvalue weighted by atomic mass is 9.96. The number of hydrogen-bond acceptors (Lipinski definition) is 4. The van der Waals surface area contributed by atoms with Gasteiger partial charge >= 0.3 is 0 Å². The van der Waals surface area contributed by atoms with Crippen LogP contribution in [-0.4, -0.2) is 31.2 Å². The van der Waals surface area contributed by atoms with Gasteiger partial charge in [-0.25, -0.2) is 0 Å². The Morgan fingerprint density at radius 3 is 2.71 bits per heavy atom. The molecule has 114 valence electrons. The first-order chi connectivity index (χ1) is 10.2. The predicted octanol–water partition coefficient (Wildman–Crippen LogP) is 2.79. The molecule has 1 fully saturated rings. The Balaban J connectivity index is 2.26. The molecule has 1 saturated heterocycles. The average molecular weight is 286 g/mol. The van der Waals surface area contributed by atoms with Crippen molar-refractivity contribution in [2.45, 2.75) is 40.0 Å². The van der Waals surface area contributed by atoms with Gasteiger partial charge in [0.1, 0.15) is 6.07 Å². The van der Waals surface area contributed by atoms with Crippen LogP contribution < -0.4 is 10.2 Å². The molecule has 0 aliphatic carbocycles. The van der Waals surface area contributed by atoms with Crippen LogP contribution in [0, 0.1) is 31.1 Å². The van der Waals surface area contributed by atoms with E-state index in [0.29, 0.717) is 0 Å². The van der Waals surface area contributed by atoms with Crippen LogP contribution in [0.25, 0.3) is 0 Å². The second-order valence-corrected chi connectivity index (χ2v) is 5.99. The number of piperidine rings is 1. The molecule has 1 aliphatic rings. The SMILES string of the molecule is CCCN(CC1CCNCC1)c1cc(C)nc(C)c1C#N. The molecule has 0 radical (unpaired) electrons. The van der Waals surface area contributed by atoms with E-state index in [1.54, 1.807) is 0 Å². The first-order valence-corrected chi connectivity index (χ1v) is 7.99. The van der Waals surface area contributed by atoms with Crippen molar-refractivity contribution in [1.82, 2.24) is 10.3 Å². The summed E-state index contributed by atoms with van der Waals surface area (Å²) in [5.74, 6) is 0.720. The maximum Gasteiger partial charge on any atom is 0.103 e. The molecule has 21 heavy (non-hydrogen) atoms. The van der Waals surface area contributed by atoms with Crippen LogP contribution in [0.15, 0.2) is 6.07 Å². The number of hydrogen-bond donors (Lipinski definition) is 1. The monoisotopic (exact) mass is 286 g/mol. The minimum absolute atomic E-state index is 0.720. The van der Waals surface area contributed by atoms with E-state index in [0.717, 1.165) is 61.2 Å². The molecule has 0 bridgehead atoms. The first-order valence-electron chi connectivity index (χ1n) is 7.99. The number of pyridine rings is 1. The van der Waals surface area contributed by atoms with Crippen molar-refractivity contribution in [3.05, 3.63) is 23.0 Å². The fraction of sp³-hybridized carbons (Fsp3) is 0.647. The number of aryl methyl sites for hydroxylation is 2. The Labute approximate surface area is 128 Å². The zero-order valence-corrected chi connectivity index (χ0v) is 13.4. The lowest BCUT2D eigenvalue weighted by Crippen LogP contribution is -2.37. The van der Waals surface area contributed by atoms with E-state index in [1.165, 1.54) is 12.8 Å².